The van der Waals surface area contributed by atoms with E-state index in [-0.39, 0.29) is 76.5 Å². The number of carboxylic acid groups (broad SMARTS) is 2. The molecule has 0 bridgehead atoms. The van der Waals surface area contributed by atoms with Gasteiger partial charge in [0, 0.05) is 76.5 Å². The molecule has 2 rings (SSSR count). The molecule has 15 heteroatoms. The van der Waals surface area contributed by atoms with Crippen molar-refractivity contribution >= 4 is 58.0 Å². The molecule has 2 aromatic carbocycles. The fourth-order valence-electron chi connectivity index (χ4n) is 2.98. The molecule has 0 amide bonds. The van der Waals surface area contributed by atoms with Gasteiger partial charge in [-0.3, -0.25) is 9.59 Å². The number of aliphatic carboxylic acids is 2. The van der Waals surface area contributed by atoms with E-state index in [0.29, 0.717) is 0 Å². The van der Waals surface area contributed by atoms with E-state index in [1.54, 1.807) is 36.4 Å². The van der Waals surface area contributed by atoms with E-state index < -0.39 is 58.0 Å². The van der Waals surface area contributed by atoms with Gasteiger partial charge in [0.2, 0.25) is 0 Å². The Balaban J connectivity index is -0.000000512. The number of rotatable bonds is 10. The topological polar surface area (TPSA) is 136 Å². The average Bonchev–Trinajstić information content (AvgIpc) is 2.76. The summed E-state index contributed by atoms with van der Waals surface area (Å²) in [4.78, 5) is 41.8. The Hall–Kier alpha value is -0.325. The standard InChI is InChI=1S/C9H27O3Si4.2C8H6O3.2Y/c1-13(10-14(2,3)4)11-16(8,9)12-15(5,6)7;2*9-7(8(10)11)6-4-2-1-3-5-6;;/h1-9H3;2*1-5H,(H,10,11);;. The van der Waals surface area contributed by atoms with Gasteiger partial charge in [-0.1, -0.05) is 60.7 Å². The molecule has 0 aliphatic carbocycles. The van der Waals surface area contributed by atoms with Crippen LogP contribution in [0.15, 0.2) is 60.7 Å². The SMILES string of the molecule is C[Si](O[Si](C)(C)C)O[Si](C)(C)O[Si](C)(C)C.O=C(O)C(=O)c1ccccc1.O=C(O)C(=O)c1ccccc1.[Y].[Y]. The Labute approximate surface area is 292 Å². The van der Waals surface area contributed by atoms with Crippen LogP contribution in [-0.2, 0) is 87.4 Å². The fraction of sp³-hybridized carbons (Fsp3) is 0.360. The third-order valence-electron chi connectivity index (χ3n) is 3.85. The zero-order valence-corrected chi connectivity index (χ0v) is 34.4. The Morgan fingerprint density at radius 1 is 0.600 bits per heavy atom. The summed E-state index contributed by atoms with van der Waals surface area (Å²) in [6, 6.07) is 15.8. The number of benzene rings is 2. The van der Waals surface area contributed by atoms with Crippen molar-refractivity contribution < 1.29 is 107 Å². The summed E-state index contributed by atoms with van der Waals surface area (Å²) >= 11 is 0. The van der Waals surface area contributed by atoms with Crippen LogP contribution in [0.5, 0.6) is 0 Å². The summed E-state index contributed by atoms with van der Waals surface area (Å²) in [6.07, 6.45) is 0. The maximum Gasteiger partial charge on any atom is 0.377 e. The monoisotopic (exact) mass is 773 g/mol. The predicted octanol–water partition coefficient (Wildman–Crippen LogP) is 5.43. The molecule has 3 radical (unpaired) electrons. The number of Topliss-reactive ketones (excluding diaryl/α,β-unsaturated/α-hetero) is 2. The zero-order chi connectivity index (χ0) is 29.7. The quantitative estimate of drug-likeness (QED) is 0.184. The minimum absolute atomic E-state index is 0. The number of hydrogen-bond donors (Lipinski definition) is 2. The van der Waals surface area contributed by atoms with Crippen molar-refractivity contribution in [3.8, 4) is 0 Å². The number of carbonyl (C=O) groups excluding carboxylic acids is 2. The molecule has 0 heterocycles. The van der Waals surface area contributed by atoms with Crippen LogP contribution in [-0.4, -0.2) is 68.2 Å². The average molecular weight is 774 g/mol. The molecular weight excluding hydrogens is 734 g/mol. The molecule has 0 aliphatic heterocycles. The molecule has 40 heavy (non-hydrogen) atoms. The van der Waals surface area contributed by atoms with E-state index in [4.69, 9.17) is 22.6 Å². The van der Waals surface area contributed by atoms with E-state index >= 15 is 0 Å². The van der Waals surface area contributed by atoms with Crippen molar-refractivity contribution in [2.24, 2.45) is 0 Å². The first-order valence-electron chi connectivity index (χ1n) is 11.8. The number of carbonyl (C=O) groups is 4. The molecule has 0 aromatic heterocycles. The van der Waals surface area contributed by atoms with Gasteiger partial charge in [0.25, 0.3) is 11.6 Å². The molecule has 2 N–H and O–H groups in total. The van der Waals surface area contributed by atoms with Crippen molar-refractivity contribution in [3.63, 3.8) is 0 Å². The molecule has 0 aliphatic rings. The summed E-state index contributed by atoms with van der Waals surface area (Å²) in [5.74, 6) is -4.58. The second kappa shape index (κ2) is 20.6. The van der Waals surface area contributed by atoms with Gasteiger partial charge in [0.1, 0.15) is 0 Å². The maximum absolute atomic E-state index is 10.7. The predicted molar refractivity (Wildman–Crippen MR) is 156 cm³/mol. The minimum atomic E-state index is -2.00. The van der Waals surface area contributed by atoms with Crippen LogP contribution in [0.4, 0.5) is 0 Å². The molecule has 0 atom stereocenters. The van der Waals surface area contributed by atoms with Crippen molar-refractivity contribution in [3.05, 3.63) is 71.8 Å². The summed E-state index contributed by atoms with van der Waals surface area (Å²) in [5.41, 5.74) is 0.417. The largest absolute Gasteiger partial charge is 0.475 e. The fourth-order valence-corrected chi connectivity index (χ4v) is 16.2. The second-order valence-corrected chi connectivity index (χ2v) is 25.1. The Morgan fingerprint density at radius 3 is 1.18 bits per heavy atom. The van der Waals surface area contributed by atoms with E-state index in [2.05, 4.69) is 58.9 Å². The van der Waals surface area contributed by atoms with Crippen molar-refractivity contribution in [2.75, 3.05) is 0 Å². The van der Waals surface area contributed by atoms with Gasteiger partial charge in [-0.25, -0.2) is 9.59 Å². The van der Waals surface area contributed by atoms with Crippen LogP contribution < -0.4 is 0 Å². The molecule has 2 aromatic rings. The van der Waals surface area contributed by atoms with Crippen molar-refractivity contribution in [1.29, 1.82) is 0 Å². The molecule has 0 spiro atoms. The van der Waals surface area contributed by atoms with Gasteiger partial charge < -0.3 is 22.6 Å². The van der Waals surface area contributed by atoms with E-state index in [1.165, 1.54) is 24.3 Å². The summed E-state index contributed by atoms with van der Waals surface area (Å²) < 4.78 is 18.2. The van der Waals surface area contributed by atoms with E-state index in [9.17, 15) is 19.2 Å². The Bertz CT molecular complexity index is 998. The summed E-state index contributed by atoms with van der Waals surface area (Å²) in [7, 11) is -6.14. The van der Waals surface area contributed by atoms with Gasteiger partial charge in [-0.05, 0) is 58.9 Å². The third-order valence-corrected chi connectivity index (χ3v) is 15.0. The first kappa shape index (κ1) is 44.1. The molecule has 0 saturated carbocycles. The number of carboxylic acids is 2. The van der Waals surface area contributed by atoms with Crippen LogP contribution in [0.1, 0.15) is 20.7 Å². The Morgan fingerprint density at radius 2 is 0.925 bits per heavy atom. The van der Waals surface area contributed by atoms with Gasteiger partial charge in [-0.15, -0.1) is 0 Å². The van der Waals surface area contributed by atoms with Crippen molar-refractivity contribution in [1.82, 2.24) is 0 Å². The number of ketones is 2. The van der Waals surface area contributed by atoms with Crippen LogP contribution in [0, 0.1) is 0 Å². The molecule has 0 unspecified atom stereocenters. The van der Waals surface area contributed by atoms with Gasteiger partial charge >= 0.3 is 29.8 Å². The van der Waals surface area contributed by atoms with Crippen LogP contribution >= 0.6 is 0 Å². The van der Waals surface area contributed by atoms with Gasteiger partial charge in [0.15, 0.2) is 16.6 Å². The molecule has 0 saturated heterocycles. The summed E-state index contributed by atoms with van der Waals surface area (Å²) in [5, 5.41) is 16.6. The van der Waals surface area contributed by atoms with Crippen molar-refractivity contribution in [2.45, 2.75) is 58.9 Å². The summed E-state index contributed by atoms with van der Waals surface area (Å²) in [6.45, 7) is 19.5. The third kappa shape index (κ3) is 22.3. The zero-order valence-electron chi connectivity index (χ0n) is 24.7. The van der Waals surface area contributed by atoms with E-state index in [1.807, 2.05) is 0 Å². The maximum atomic E-state index is 10.7. The van der Waals surface area contributed by atoms with Crippen LogP contribution in [0.3, 0.4) is 0 Å². The van der Waals surface area contributed by atoms with Gasteiger partial charge in [0.05, 0.1) is 0 Å². The first-order chi connectivity index (χ1) is 17.2. The minimum Gasteiger partial charge on any atom is -0.475 e. The van der Waals surface area contributed by atoms with Gasteiger partial charge in [-0.2, -0.15) is 0 Å². The smallest absolute Gasteiger partial charge is 0.377 e. The normalized spacial score (nSPS) is 10.8. The molecule has 0 fully saturated rings. The van der Waals surface area contributed by atoms with Crippen LogP contribution in [0.25, 0.3) is 0 Å². The van der Waals surface area contributed by atoms with E-state index in [0.717, 1.165) is 0 Å². The molecule has 9 nitrogen and oxygen atoms in total. The second-order valence-electron chi connectivity index (χ2n) is 10.4. The first-order valence-corrected chi connectivity index (χ1v) is 23.3. The molecular formula is C25H39O9Si4Y2. The van der Waals surface area contributed by atoms with Crippen LogP contribution in [0.2, 0.25) is 58.9 Å². The number of hydrogen-bond acceptors (Lipinski definition) is 7. The molecule has 215 valence electrons. The Kier molecular flexibility index (Phi) is 22.7.